The Hall–Kier alpha value is -4.02. The van der Waals surface area contributed by atoms with Crippen molar-refractivity contribution in [3.63, 3.8) is 0 Å². The lowest BCUT2D eigenvalue weighted by molar-refractivity contribution is 0.0158. The average Bonchev–Trinajstić information content (AvgIpc) is 2.78. The molecule has 1 aliphatic heterocycles. The van der Waals surface area contributed by atoms with Crippen molar-refractivity contribution in [2.24, 2.45) is 0 Å². The van der Waals surface area contributed by atoms with E-state index in [4.69, 9.17) is 4.74 Å². The van der Waals surface area contributed by atoms with E-state index in [-0.39, 0.29) is 48.0 Å². The van der Waals surface area contributed by atoms with Crippen LogP contribution in [0.1, 0.15) is 38.1 Å². The maximum Gasteiger partial charge on any atom is 0.410 e. The van der Waals surface area contributed by atoms with Crippen molar-refractivity contribution in [3.8, 4) is 5.69 Å². The summed E-state index contributed by atoms with van der Waals surface area (Å²) in [6.07, 6.45) is 0.453. The van der Waals surface area contributed by atoms with Crippen molar-refractivity contribution in [3.05, 3.63) is 69.8 Å². The maximum absolute atomic E-state index is 15.3. The van der Waals surface area contributed by atoms with Gasteiger partial charge in [0.2, 0.25) is 5.43 Å². The Morgan fingerprint density at radius 3 is 2.30 bits per heavy atom. The van der Waals surface area contributed by atoms with Gasteiger partial charge >= 0.3 is 12.1 Å². The highest BCUT2D eigenvalue weighted by atomic mass is 19.1. The summed E-state index contributed by atoms with van der Waals surface area (Å²) in [5, 5.41) is 9.22. The van der Waals surface area contributed by atoms with E-state index in [2.05, 4.69) is 0 Å². The zero-order valence-corrected chi connectivity index (χ0v) is 20.7. The number of hydrogen-bond donors (Lipinski definition) is 1. The third kappa shape index (κ3) is 5.11. The summed E-state index contributed by atoms with van der Waals surface area (Å²) >= 11 is 0. The number of ether oxygens (including phenoxy) is 1. The van der Waals surface area contributed by atoms with Crippen LogP contribution in [0.25, 0.3) is 16.6 Å². The maximum atomic E-state index is 15.3. The van der Waals surface area contributed by atoms with Crippen molar-refractivity contribution in [1.29, 1.82) is 0 Å². The highest BCUT2D eigenvalue weighted by Crippen LogP contribution is 2.30. The molecule has 1 amide bonds. The number of amides is 1. The first-order chi connectivity index (χ1) is 17.3. The first-order valence-corrected chi connectivity index (χ1v) is 11.6. The molecule has 8 nitrogen and oxygen atoms in total. The van der Waals surface area contributed by atoms with Gasteiger partial charge in [-0.1, -0.05) is 0 Å². The van der Waals surface area contributed by atoms with Crippen LogP contribution in [0.3, 0.4) is 0 Å². The van der Waals surface area contributed by atoms with Crippen LogP contribution in [0, 0.1) is 17.5 Å². The number of rotatable bonds is 3. The normalized spacial score (nSPS) is 16.2. The average molecular weight is 518 g/mol. The third-order valence-electron chi connectivity index (χ3n) is 6.07. The van der Waals surface area contributed by atoms with Crippen molar-refractivity contribution in [2.75, 3.05) is 24.5 Å². The molecular weight excluding hydrogens is 491 g/mol. The molecule has 0 aliphatic carbocycles. The summed E-state index contributed by atoms with van der Waals surface area (Å²) in [4.78, 5) is 40.3. The van der Waals surface area contributed by atoms with Crippen molar-refractivity contribution in [1.82, 2.24) is 9.47 Å². The highest BCUT2D eigenvalue weighted by Gasteiger charge is 2.32. The Labute approximate surface area is 210 Å². The number of hydrogen-bond acceptors (Lipinski definition) is 5. The summed E-state index contributed by atoms with van der Waals surface area (Å²) in [7, 11) is 0. The molecule has 196 valence electrons. The van der Waals surface area contributed by atoms with Gasteiger partial charge in [0.15, 0.2) is 0 Å². The standard InChI is InChI=1S/C26H26F3N3O5/c1-14-12-30(7-8-31(14)25(36)37-26(2,3)4)22-11-21-16(10-19(22)29)23(33)17(24(34)35)13-32(21)20-6-5-15(27)9-18(20)28/h5-6,9-11,13-14H,7-8,12H2,1-4H3,(H,34,35). The lowest BCUT2D eigenvalue weighted by Crippen LogP contribution is -2.55. The van der Waals surface area contributed by atoms with Crippen molar-refractivity contribution < 1.29 is 32.6 Å². The predicted octanol–water partition coefficient (Wildman–Crippen LogP) is 4.55. The van der Waals surface area contributed by atoms with Gasteiger partial charge in [-0.05, 0) is 52.0 Å². The molecule has 3 aromatic rings. The number of nitrogens with zero attached hydrogens (tertiary/aromatic N) is 3. The number of anilines is 1. The van der Waals surface area contributed by atoms with Gasteiger partial charge in [0.25, 0.3) is 0 Å². The molecule has 37 heavy (non-hydrogen) atoms. The first-order valence-electron chi connectivity index (χ1n) is 11.6. The summed E-state index contributed by atoms with van der Waals surface area (Å²) in [5.74, 6) is -4.18. The first kappa shape index (κ1) is 26.1. The van der Waals surface area contributed by atoms with Crippen LogP contribution in [0.15, 0.2) is 41.3 Å². The van der Waals surface area contributed by atoms with Crippen LogP contribution in [-0.4, -0.2) is 57.9 Å². The molecule has 1 unspecified atom stereocenters. The molecule has 1 fully saturated rings. The predicted molar refractivity (Wildman–Crippen MR) is 131 cm³/mol. The number of carboxylic acids is 1. The molecule has 2 aromatic carbocycles. The Kier molecular flexibility index (Phi) is 6.66. The lowest BCUT2D eigenvalue weighted by atomic mass is 10.1. The number of benzene rings is 2. The van der Waals surface area contributed by atoms with Crippen LogP contribution in [0.5, 0.6) is 0 Å². The second-order valence-corrected chi connectivity index (χ2v) is 9.93. The lowest BCUT2D eigenvalue weighted by Gasteiger charge is -2.41. The Morgan fingerprint density at radius 1 is 1.03 bits per heavy atom. The fourth-order valence-corrected chi connectivity index (χ4v) is 4.37. The number of pyridine rings is 1. The van der Waals surface area contributed by atoms with E-state index in [1.54, 1.807) is 37.5 Å². The second kappa shape index (κ2) is 9.45. The fraction of sp³-hybridized carbons (Fsp3) is 0.346. The molecule has 1 N–H and O–H groups in total. The van der Waals surface area contributed by atoms with E-state index in [9.17, 15) is 28.3 Å². The van der Waals surface area contributed by atoms with E-state index in [0.717, 1.165) is 29.0 Å². The topological polar surface area (TPSA) is 92.1 Å². The van der Waals surface area contributed by atoms with Gasteiger partial charge in [0.1, 0.15) is 28.6 Å². The minimum Gasteiger partial charge on any atom is -0.477 e. The largest absolute Gasteiger partial charge is 0.477 e. The van der Waals surface area contributed by atoms with Crippen LogP contribution < -0.4 is 10.3 Å². The van der Waals surface area contributed by atoms with Gasteiger partial charge in [-0.15, -0.1) is 0 Å². The van der Waals surface area contributed by atoms with Gasteiger partial charge in [-0.2, -0.15) is 0 Å². The van der Waals surface area contributed by atoms with Gasteiger partial charge < -0.3 is 24.2 Å². The quantitative estimate of drug-likeness (QED) is 0.548. The third-order valence-corrected chi connectivity index (χ3v) is 6.07. The molecule has 0 bridgehead atoms. The van der Waals surface area contributed by atoms with Gasteiger partial charge in [-0.3, -0.25) is 4.79 Å². The molecule has 1 atom stereocenters. The monoisotopic (exact) mass is 517 g/mol. The number of aromatic carboxylic acids is 1. The van der Waals surface area contributed by atoms with Crippen molar-refractivity contribution >= 4 is 28.7 Å². The van der Waals surface area contributed by atoms with E-state index in [0.29, 0.717) is 6.07 Å². The SMILES string of the molecule is CC1CN(c2cc3c(cc2F)c(=O)c(C(=O)O)cn3-c2ccc(F)cc2F)CCN1C(=O)OC(C)(C)C. The van der Waals surface area contributed by atoms with Gasteiger partial charge in [0, 0.05) is 43.3 Å². The zero-order valence-electron chi connectivity index (χ0n) is 20.7. The van der Waals surface area contributed by atoms with Crippen LogP contribution >= 0.6 is 0 Å². The Morgan fingerprint density at radius 2 is 1.70 bits per heavy atom. The van der Waals surface area contributed by atoms with Gasteiger partial charge in [0.05, 0.1) is 16.9 Å². The molecule has 1 saturated heterocycles. The molecule has 0 spiro atoms. The molecular formula is C26H26F3N3O5. The molecule has 0 radical (unpaired) electrons. The van der Waals surface area contributed by atoms with Crippen molar-refractivity contribution in [2.45, 2.75) is 39.3 Å². The number of aromatic nitrogens is 1. The summed E-state index contributed by atoms with van der Waals surface area (Å²) in [5.41, 5.74) is -2.39. The van der Waals surface area contributed by atoms with E-state index < -0.39 is 46.1 Å². The van der Waals surface area contributed by atoms with Gasteiger partial charge in [-0.25, -0.2) is 22.8 Å². The second-order valence-electron chi connectivity index (χ2n) is 9.93. The fourth-order valence-electron chi connectivity index (χ4n) is 4.37. The molecule has 11 heteroatoms. The summed E-state index contributed by atoms with van der Waals surface area (Å²) < 4.78 is 50.1. The number of carbonyl (C=O) groups excluding carboxylic acids is 1. The van der Waals surface area contributed by atoms with E-state index >= 15 is 4.39 Å². The Balaban J connectivity index is 1.80. The Bertz CT molecular complexity index is 1460. The highest BCUT2D eigenvalue weighted by molar-refractivity contribution is 5.94. The minimum absolute atomic E-state index is 0.0409. The van der Waals surface area contributed by atoms with Crippen LogP contribution in [0.2, 0.25) is 0 Å². The molecule has 1 aromatic heterocycles. The van der Waals surface area contributed by atoms with E-state index in [1.807, 2.05) is 0 Å². The summed E-state index contributed by atoms with van der Waals surface area (Å²) in [6.45, 7) is 7.79. The number of piperazine rings is 1. The van der Waals surface area contributed by atoms with E-state index in [1.165, 1.54) is 6.07 Å². The molecule has 0 saturated carbocycles. The number of carboxylic acid groups (broad SMARTS) is 1. The summed E-state index contributed by atoms with van der Waals surface area (Å²) in [6, 6.07) is 4.63. The zero-order chi connectivity index (χ0) is 27.2. The minimum atomic E-state index is -1.57. The number of carbonyl (C=O) groups is 2. The smallest absolute Gasteiger partial charge is 0.410 e. The molecule has 2 heterocycles. The van der Waals surface area contributed by atoms with Crippen LogP contribution in [-0.2, 0) is 4.74 Å². The van der Waals surface area contributed by atoms with Crippen LogP contribution in [0.4, 0.5) is 23.7 Å². The molecule has 4 rings (SSSR count). The number of fused-ring (bicyclic) bond motifs is 1. The molecule has 1 aliphatic rings. The number of halogens is 3.